The molecule has 0 radical (unpaired) electrons. The zero-order valence-corrected chi connectivity index (χ0v) is 21.5. The van der Waals surface area contributed by atoms with Crippen molar-refractivity contribution in [2.45, 2.75) is 0 Å². The van der Waals surface area contributed by atoms with Gasteiger partial charge in [0.15, 0.2) is 0 Å². The molecule has 0 aliphatic heterocycles. The maximum Gasteiger partial charge on any atom is 0.354 e. The third kappa shape index (κ3) is 9.56. The first kappa shape index (κ1) is 29.4. The molecule has 0 amide bonds. The van der Waals surface area contributed by atoms with Crippen molar-refractivity contribution in [1.29, 1.82) is 5.26 Å². The van der Waals surface area contributed by atoms with Crippen molar-refractivity contribution in [1.82, 2.24) is 0 Å². The second kappa shape index (κ2) is 16.6. The second-order valence-corrected chi connectivity index (χ2v) is 7.98. The average molecular weight is 534 g/mol. The maximum absolute atomic E-state index is 13.1. The highest BCUT2D eigenvalue weighted by Crippen LogP contribution is 2.30. The number of benzene rings is 3. The molecule has 2 N–H and O–H groups in total. The summed E-state index contributed by atoms with van der Waals surface area (Å²) < 4.78 is 27.2. The Morgan fingerprint density at radius 3 is 1.56 bits per heavy atom. The van der Waals surface area contributed by atoms with E-state index in [-0.39, 0.29) is 32.0 Å². The predicted octanol–water partition coefficient (Wildman–Crippen LogP) is 3.39. The highest BCUT2D eigenvalue weighted by molar-refractivity contribution is 6.06. The minimum absolute atomic E-state index is 0.0517. The molecule has 9 heteroatoms. The van der Waals surface area contributed by atoms with Gasteiger partial charge in [0.1, 0.15) is 42.1 Å². The highest BCUT2D eigenvalue weighted by Gasteiger charge is 2.21. The van der Waals surface area contributed by atoms with E-state index in [1.807, 2.05) is 6.07 Å². The van der Waals surface area contributed by atoms with Gasteiger partial charge in [0.2, 0.25) is 0 Å². The van der Waals surface area contributed by atoms with Gasteiger partial charge in [0, 0.05) is 5.57 Å². The number of esters is 1. The quantitative estimate of drug-likeness (QED) is 0.0936. The third-order valence-electron chi connectivity index (χ3n) is 5.27. The Balaban J connectivity index is 1.86. The number of hydrogen-bond donors (Lipinski definition) is 2. The first-order chi connectivity index (χ1) is 19.2. The van der Waals surface area contributed by atoms with Gasteiger partial charge < -0.3 is 33.9 Å². The largest absolute Gasteiger partial charge is 0.491 e. The zero-order chi connectivity index (χ0) is 27.7. The predicted molar refractivity (Wildman–Crippen MR) is 143 cm³/mol. The van der Waals surface area contributed by atoms with Crippen molar-refractivity contribution in [3.63, 3.8) is 0 Å². The van der Waals surface area contributed by atoms with Crippen LogP contribution in [0.15, 0.2) is 84.4 Å². The van der Waals surface area contributed by atoms with Gasteiger partial charge in [0.25, 0.3) is 0 Å². The Bertz CT molecular complexity index is 1160. The van der Waals surface area contributed by atoms with Crippen LogP contribution in [-0.2, 0) is 14.3 Å². The standard InChI is InChI=1S/C30H31NO8/c31-22-28(30(34)39-27-4-2-1-3-5-27)29(23-6-10-25(11-7-23)37-20-18-35-16-14-32)24-8-12-26(13-9-24)38-21-19-36-17-15-33/h1-13,32-33H,14-21H2. The van der Waals surface area contributed by atoms with Crippen molar-refractivity contribution < 1.29 is 38.7 Å². The molecule has 0 fully saturated rings. The molecule has 0 aliphatic rings. The molecule has 39 heavy (non-hydrogen) atoms. The van der Waals surface area contributed by atoms with Gasteiger partial charge in [-0.25, -0.2) is 4.79 Å². The van der Waals surface area contributed by atoms with Crippen LogP contribution in [0.1, 0.15) is 11.1 Å². The number of aliphatic hydroxyl groups excluding tert-OH is 2. The Morgan fingerprint density at radius 1 is 0.641 bits per heavy atom. The van der Waals surface area contributed by atoms with Crippen molar-refractivity contribution in [3.05, 3.63) is 95.6 Å². The summed E-state index contributed by atoms with van der Waals surface area (Å²) in [4.78, 5) is 13.1. The van der Waals surface area contributed by atoms with Crippen LogP contribution in [0.5, 0.6) is 17.2 Å². The lowest BCUT2D eigenvalue weighted by Gasteiger charge is -2.14. The summed E-state index contributed by atoms with van der Waals surface area (Å²) in [5.41, 5.74) is 1.48. The first-order valence-electron chi connectivity index (χ1n) is 12.4. The van der Waals surface area contributed by atoms with Crippen LogP contribution < -0.4 is 14.2 Å². The smallest absolute Gasteiger partial charge is 0.354 e. The molecule has 0 atom stereocenters. The van der Waals surface area contributed by atoms with Gasteiger partial charge in [0.05, 0.1) is 39.6 Å². The van der Waals surface area contributed by atoms with E-state index in [0.717, 1.165) is 0 Å². The Labute approximate surface area is 227 Å². The lowest BCUT2D eigenvalue weighted by molar-refractivity contribution is -0.129. The van der Waals surface area contributed by atoms with Crippen molar-refractivity contribution in [2.75, 3.05) is 52.9 Å². The molecule has 0 aromatic heterocycles. The summed E-state index contributed by atoms with van der Waals surface area (Å²) in [7, 11) is 0. The molecule has 0 unspecified atom stereocenters. The molecule has 0 bridgehead atoms. The molecule has 204 valence electrons. The number of carbonyl (C=O) groups is 1. The zero-order valence-electron chi connectivity index (χ0n) is 21.5. The summed E-state index contributed by atoms with van der Waals surface area (Å²) in [6.45, 7) is 1.66. The molecule has 0 heterocycles. The lowest BCUT2D eigenvalue weighted by atomic mass is 9.93. The number of aliphatic hydroxyl groups is 2. The number of para-hydroxylation sites is 1. The molecule has 0 saturated heterocycles. The van der Waals surface area contributed by atoms with Crippen LogP contribution in [0.4, 0.5) is 0 Å². The maximum atomic E-state index is 13.1. The van der Waals surface area contributed by atoms with E-state index >= 15 is 0 Å². The molecular formula is C30H31NO8. The number of nitriles is 1. The fourth-order valence-corrected chi connectivity index (χ4v) is 3.51. The van der Waals surface area contributed by atoms with Crippen molar-refractivity contribution >= 4 is 11.5 Å². The lowest BCUT2D eigenvalue weighted by Crippen LogP contribution is -2.13. The van der Waals surface area contributed by atoms with Gasteiger partial charge in [-0.15, -0.1) is 0 Å². The van der Waals surface area contributed by atoms with Crippen LogP contribution >= 0.6 is 0 Å². The number of hydrogen-bond acceptors (Lipinski definition) is 9. The molecule has 0 saturated carbocycles. The number of rotatable bonds is 16. The summed E-state index contributed by atoms with van der Waals surface area (Å²) in [6.07, 6.45) is 0. The van der Waals surface area contributed by atoms with Gasteiger partial charge in [-0.3, -0.25) is 0 Å². The van der Waals surface area contributed by atoms with E-state index in [0.29, 0.717) is 60.4 Å². The summed E-state index contributed by atoms with van der Waals surface area (Å²) in [6, 6.07) is 24.6. The van der Waals surface area contributed by atoms with Crippen LogP contribution in [-0.4, -0.2) is 69.0 Å². The molecule has 0 spiro atoms. The van der Waals surface area contributed by atoms with Gasteiger partial charge in [-0.05, 0) is 47.5 Å². The normalized spacial score (nSPS) is 10.4. The van der Waals surface area contributed by atoms with E-state index in [1.165, 1.54) is 0 Å². The molecular weight excluding hydrogens is 502 g/mol. The Hall–Kier alpha value is -4.20. The van der Waals surface area contributed by atoms with Crippen LogP contribution in [0.2, 0.25) is 0 Å². The van der Waals surface area contributed by atoms with Crippen LogP contribution in [0, 0.1) is 11.3 Å². The number of nitrogens with zero attached hydrogens (tertiary/aromatic N) is 1. The Kier molecular flexibility index (Phi) is 12.5. The SMILES string of the molecule is N#CC(C(=O)Oc1ccccc1)=C(c1ccc(OCCOCCO)cc1)c1ccc(OCCOCCO)cc1. The number of ether oxygens (including phenoxy) is 5. The van der Waals surface area contributed by atoms with Gasteiger partial charge in [-0.2, -0.15) is 5.26 Å². The topological polar surface area (TPSA) is 127 Å². The second-order valence-electron chi connectivity index (χ2n) is 7.98. The molecule has 3 aromatic rings. The summed E-state index contributed by atoms with van der Waals surface area (Å²) in [5, 5.41) is 27.6. The highest BCUT2D eigenvalue weighted by atomic mass is 16.5. The third-order valence-corrected chi connectivity index (χ3v) is 5.27. The van der Waals surface area contributed by atoms with E-state index in [1.54, 1.807) is 78.9 Å². The van der Waals surface area contributed by atoms with Gasteiger partial charge in [-0.1, -0.05) is 42.5 Å². The fourth-order valence-electron chi connectivity index (χ4n) is 3.51. The summed E-state index contributed by atoms with van der Waals surface area (Å²) >= 11 is 0. The van der Waals surface area contributed by atoms with E-state index in [4.69, 9.17) is 33.9 Å². The average Bonchev–Trinajstić information content (AvgIpc) is 2.97. The van der Waals surface area contributed by atoms with E-state index < -0.39 is 5.97 Å². The van der Waals surface area contributed by atoms with Gasteiger partial charge >= 0.3 is 5.97 Å². The van der Waals surface area contributed by atoms with E-state index in [9.17, 15) is 10.1 Å². The van der Waals surface area contributed by atoms with Crippen molar-refractivity contribution in [3.8, 4) is 23.3 Å². The molecule has 0 aliphatic carbocycles. The minimum Gasteiger partial charge on any atom is -0.491 e. The number of carbonyl (C=O) groups excluding carboxylic acids is 1. The monoisotopic (exact) mass is 533 g/mol. The molecule has 3 rings (SSSR count). The van der Waals surface area contributed by atoms with E-state index in [2.05, 4.69) is 0 Å². The summed E-state index contributed by atoms with van der Waals surface area (Å²) in [5.74, 6) is 0.724. The molecule has 9 nitrogen and oxygen atoms in total. The van der Waals surface area contributed by atoms with Crippen LogP contribution in [0.3, 0.4) is 0 Å². The Morgan fingerprint density at radius 2 is 1.13 bits per heavy atom. The minimum atomic E-state index is -0.776. The van der Waals surface area contributed by atoms with Crippen LogP contribution in [0.25, 0.3) is 5.57 Å². The first-order valence-corrected chi connectivity index (χ1v) is 12.4. The fraction of sp³-hybridized carbons (Fsp3) is 0.267. The van der Waals surface area contributed by atoms with Crippen molar-refractivity contribution in [2.24, 2.45) is 0 Å². The molecule has 3 aromatic carbocycles.